The van der Waals surface area contributed by atoms with Gasteiger partial charge in [-0.25, -0.2) is 0 Å². The fourth-order valence-electron chi connectivity index (χ4n) is 0. The summed E-state index contributed by atoms with van der Waals surface area (Å²) in [5, 5.41) is 7.00. The lowest BCUT2D eigenvalue weighted by Crippen LogP contribution is -2.02. The van der Waals surface area contributed by atoms with E-state index in [0.29, 0.717) is 0 Å². The van der Waals surface area contributed by atoms with Crippen molar-refractivity contribution in [3.8, 4) is 0 Å². The van der Waals surface area contributed by atoms with Gasteiger partial charge < -0.3 is 10.6 Å². The van der Waals surface area contributed by atoms with Crippen LogP contribution in [0.15, 0.2) is 0 Å². The number of rotatable bonds is 0. The zero-order valence-corrected chi connectivity index (χ0v) is 3.10. The molecule has 0 amide bonds. The molecular formula is CH10N2O2. The average Bonchev–Trinajstić information content (AvgIpc) is 1.50. The van der Waals surface area contributed by atoms with Crippen LogP contribution in [-0.2, 0) is 0 Å². The predicted molar refractivity (Wildman–Crippen MR) is 20.1 cm³/mol. The molecule has 0 aromatic rings. The van der Waals surface area contributed by atoms with Gasteiger partial charge in [0.25, 0.3) is 0 Å². The Balaban J connectivity index is -0.0000000133. The lowest BCUT2D eigenvalue weighted by molar-refractivity contribution is 0.399. The van der Waals surface area contributed by atoms with Crippen molar-refractivity contribution in [3.05, 3.63) is 0 Å². The zero-order valence-electron chi connectivity index (χ0n) is 3.10. The smallest absolute Gasteiger partial charge is 0.0319 e. The molecule has 5 heavy (non-hydrogen) atoms. The lowest BCUT2D eigenvalue weighted by atomic mass is 11.8. The van der Waals surface area contributed by atoms with Gasteiger partial charge in [-0.15, -0.1) is 0 Å². The second-order valence-corrected chi connectivity index (χ2v) is 0. The van der Waals surface area contributed by atoms with Gasteiger partial charge in [0.05, 0.1) is 0 Å². The van der Waals surface area contributed by atoms with Gasteiger partial charge in [0.2, 0.25) is 0 Å². The van der Waals surface area contributed by atoms with Crippen molar-refractivity contribution >= 4 is 0 Å². The molecule has 0 aliphatic carbocycles. The van der Waals surface area contributed by atoms with E-state index in [9.17, 15) is 0 Å². The van der Waals surface area contributed by atoms with E-state index in [2.05, 4.69) is 11.7 Å². The van der Waals surface area contributed by atoms with Crippen LogP contribution in [0.25, 0.3) is 0 Å². The third-order valence-corrected chi connectivity index (χ3v) is 0. The topological polar surface area (TPSA) is 104 Å². The summed E-state index contributed by atoms with van der Waals surface area (Å²) < 4.78 is 0. The van der Waals surface area contributed by atoms with Gasteiger partial charge in [-0.3, -0.25) is 11.7 Å². The molecule has 0 heterocycles. The minimum Gasteiger partial charge on any atom is -0.412 e. The summed E-state index contributed by atoms with van der Waals surface area (Å²) in [5.41, 5.74) is 0. The Morgan fingerprint density at radius 3 is 1.20 bits per heavy atom. The number of hydrazine groups is 1. The Morgan fingerprint density at radius 2 is 1.20 bits per heavy atom. The summed E-state index contributed by atoms with van der Waals surface area (Å²) in [6.07, 6.45) is 0. The Morgan fingerprint density at radius 1 is 1.20 bits per heavy atom. The molecule has 7 N–H and O–H groups in total. The molecule has 0 radical (unpaired) electrons. The van der Waals surface area contributed by atoms with Crippen molar-refractivity contribution in [3.63, 3.8) is 0 Å². The highest BCUT2D eigenvalue weighted by Gasteiger charge is 0.839. The molecule has 0 saturated heterocycles. The van der Waals surface area contributed by atoms with Gasteiger partial charge in [-0.1, -0.05) is 0 Å². The molecule has 4 heteroatoms. The average molecular weight is 82.1 g/mol. The molecule has 0 bridgehead atoms. The summed E-state index contributed by atoms with van der Waals surface area (Å²) >= 11 is 0. The molecule has 0 aromatic heterocycles. The molecule has 0 aliphatic rings. The van der Waals surface area contributed by atoms with E-state index in [1.807, 2.05) is 0 Å². The van der Waals surface area contributed by atoms with E-state index in [4.69, 9.17) is 5.11 Å². The molecule has 4 nitrogen and oxygen atoms in total. The van der Waals surface area contributed by atoms with Gasteiger partial charge in [0.1, 0.15) is 0 Å². The molecule has 0 unspecified atom stereocenters. The van der Waals surface area contributed by atoms with Crippen LogP contribution in [0, 0.1) is 0 Å². The highest BCUT2D eigenvalue weighted by Crippen LogP contribution is 0.755. The fourth-order valence-corrected chi connectivity index (χ4v) is 0. The van der Waals surface area contributed by atoms with Crippen molar-refractivity contribution in [2.24, 2.45) is 11.7 Å². The van der Waals surface area contributed by atoms with E-state index >= 15 is 0 Å². The summed E-state index contributed by atoms with van der Waals surface area (Å²) in [4.78, 5) is 0. The van der Waals surface area contributed by atoms with Crippen LogP contribution in [0.4, 0.5) is 0 Å². The number of aliphatic hydroxyl groups is 1. The first-order valence-electron chi connectivity index (χ1n) is 0.781. The molecule has 0 spiro atoms. The van der Waals surface area contributed by atoms with Crippen LogP contribution in [-0.4, -0.2) is 17.7 Å². The first-order valence-corrected chi connectivity index (χ1v) is 0.781. The molecule has 36 valence electrons. The zero-order chi connectivity index (χ0) is 4.00. The molecule has 0 fully saturated rings. The number of hydrogen-bond donors (Lipinski definition) is 3. The first kappa shape index (κ1) is 21.1. The van der Waals surface area contributed by atoms with Crippen molar-refractivity contribution in [1.29, 1.82) is 0 Å². The largest absolute Gasteiger partial charge is 0.412 e. The van der Waals surface area contributed by atoms with E-state index in [0.717, 1.165) is 7.11 Å². The van der Waals surface area contributed by atoms with Gasteiger partial charge in [-0.2, -0.15) is 0 Å². The minimum atomic E-state index is 0. The second-order valence-electron chi connectivity index (χ2n) is 0. The van der Waals surface area contributed by atoms with Gasteiger partial charge >= 0.3 is 0 Å². The number of nitrogens with two attached hydrogens (primary N) is 2. The highest BCUT2D eigenvalue weighted by atomic mass is 16.2. The Labute approximate surface area is 30.7 Å². The quantitative estimate of drug-likeness (QED) is 0.224. The van der Waals surface area contributed by atoms with E-state index in [-0.39, 0.29) is 5.48 Å². The van der Waals surface area contributed by atoms with Gasteiger partial charge in [0, 0.05) is 7.11 Å². The van der Waals surface area contributed by atoms with Crippen LogP contribution >= 0.6 is 0 Å². The Hall–Kier alpha value is -0.160. The monoisotopic (exact) mass is 82.1 g/mol. The van der Waals surface area contributed by atoms with Crippen LogP contribution < -0.4 is 11.7 Å². The maximum atomic E-state index is 7.00. The lowest BCUT2D eigenvalue weighted by Gasteiger charge is -1.27. The maximum Gasteiger partial charge on any atom is 0.0319 e. The molecule has 0 rings (SSSR count). The van der Waals surface area contributed by atoms with Crippen LogP contribution in [0.3, 0.4) is 0 Å². The Bertz CT molecular complexity index is 7.61. The highest BCUT2D eigenvalue weighted by molar-refractivity contribution is 3.26. The van der Waals surface area contributed by atoms with Crippen molar-refractivity contribution < 1.29 is 10.6 Å². The van der Waals surface area contributed by atoms with Gasteiger partial charge in [-0.05, 0) is 0 Å². The first-order chi connectivity index (χ1) is 2.00. The minimum absolute atomic E-state index is 0. The number of aliphatic hydroxyl groups excluding tert-OH is 1. The maximum absolute atomic E-state index is 7.00. The number of hydrogen-bond acceptors (Lipinski definition) is 3. The van der Waals surface area contributed by atoms with E-state index in [1.165, 1.54) is 0 Å². The molecule has 0 aliphatic heterocycles. The third-order valence-electron chi connectivity index (χ3n) is 0. The van der Waals surface area contributed by atoms with E-state index in [1.54, 1.807) is 0 Å². The summed E-state index contributed by atoms with van der Waals surface area (Å²) in [7, 11) is 1.00. The fraction of sp³-hybridized carbons (Fsp3) is 1.00. The van der Waals surface area contributed by atoms with Crippen molar-refractivity contribution in [2.45, 2.75) is 0 Å². The van der Waals surface area contributed by atoms with Crippen LogP contribution in [0.2, 0.25) is 0 Å². The SMILES string of the molecule is CO.NN.O. The van der Waals surface area contributed by atoms with Crippen LogP contribution in [0.5, 0.6) is 0 Å². The summed E-state index contributed by atoms with van der Waals surface area (Å²) in [6, 6.07) is 0. The molecule has 0 aromatic carbocycles. The predicted octanol–water partition coefficient (Wildman–Crippen LogP) is -2.40. The van der Waals surface area contributed by atoms with Crippen LogP contribution in [0.1, 0.15) is 0 Å². The normalized spacial score (nSPS) is 2.40. The standard InChI is InChI=1S/CH4O.H4N2.H2O/c2*1-2;/h2H,1H3;1-2H2;1H2. The van der Waals surface area contributed by atoms with Crippen molar-refractivity contribution in [2.75, 3.05) is 7.11 Å². The third kappa shape index (κ3) is 508. The molecule has 0 atom stereocenters. The van der Waals surface area contributed by atoms with Crippen molar-refractivity contribution in [1.82, 2.24) is 0 Å². The summed E-state index contributed by atoms with van der Waals surface area (Å²) in [5.74, 6) is 8.00. The second kappa shape index (κ2) is 1210. The summed E-state index contributed by atoms with van der Waals surface area (Å²) in [6.45, 7) is 0. The Kier molecular flexibility index (Phi) is 5100. The molecule has 0 saturated carbocycles. The molecular weight excluding hydrogens is 72.0 g/mol. The van der Waals surface area contributed by atoms with E-state index < -0.39 is 0 Å². The van der Waals surface area contributed by atoms with Gasteiger partial charge in [0.15, 0.2) is 0 Å².